The van der Waals surface area contributed by atoms with Crippen LogP contribution in [0.15, 0.2) is 22.7 Å². The molecule has 164 valence electrons. The topological polar surface area (TPSA) is 156 Å². The van der Waals surface area contributed by atoms with Crippen molar-refractivity contribution in [3.63, 3.8) is 0 Å². The molecule has 29 heavy (non-hydrogen) atoms. The van der Waals surface area contributed by atoms with Gasteiger partial charge in [0, 0.05) is 24.5 Å². The summed E-state index contributed by atoms with van der Waals surface area (Å²) in [6.45, 7) is 12.0. The van der Waals surface area contributed by atoms with E-state index in [4.69, 9.17) is 0 Å². The van der Waals surface area contributed by atoms with Crippen molar-refractivity contribution in [2.75, 3.05) is 6.54 Å². The molecule has 1 rings (SSSR count). The third kappa shape index (κ3) is 7.22. The first-order valence-electron chi connectivity index (χ1n) is 9.52. The lowest BCUT2D eigenvalue weighted by molar-refractivity contribution is -0.396. The van der Waals surface area contributed by atoms with Gasteiger partial charge in [0.1, 0.15) is 24.5 Å². The molecule has 0 amide bonds. The van der Waals surface area contributed by atoms with E-state index in [2.05, 4.69) is 31.5 Å². The normalized spacial score (nSPS) is 15.5. The van der Waals surface area contributed by atoms with Crippen LogP contribution in [0.2, 0.25) is 0 Å². The lowest BCUT2D eigenvalue weighted by Crippen LogP contribution is -2.60. The van der Waals surface area contributed by atoms with Crippen LogP contribution < -0.4 is 16.2 Å². The zero-order valence-corrected chi connectivity index (χ0v) is 17.9. The van der Waals surface area contributed by atoms with Crippen molar-refractivity contribution in [3.8, 4) is 0 Å². The van der Waals surface area contributed by atoms with Crippen LogP contribution in [0.25, 0.3) is 0 Å². The summed E-state index contributed by atoms with van der Waals surface area (Å²) in [5, 5.41) is 20.5. The van der Waals surface area contributed by atoms with Crippen LogP contribution in [0.4, 0.5) is 5.95 Å². The predicted octanol–water partition coefficient (Wildman–Crippen LogP) is 2.10. The number of imidazole rings is 1. The molecule has 3 unspecified atom stereocenters. The Morgan fingerprint density at radius 1 is 1.21 bits per heavy atom. The van der Waals surface area contributed by atoms with E-state index in [0.717, 1.165) is 0 Å². The summed E-state index contributed by atoms with van der Waals surface area (Å²) < 4.78 is 1.39. The Hall–Kier alpha value is -2.31. The first kappa shape index (κ1) is 24.7. The van der Waals surface area contributed by atoms with Crippen molar-refractivity contribution < 1.29 is 4.92 Å². The van der Waals surface area contributed by atoms with E-state index in [0.29, 0.717) is 13.0 Å². The minimum Gasteiger partial charge on any atom is -0.390 e. The maximum Gasteiger partial charge on any atom is 0.434 e. The van der Waals surface area contributed by atoms with Crippen molar-refractivity contribution in [2.45, 2.75) is 83.7 Å². The maximum absolute atomic E-state index is 11.4. The Bertz CT molecular complexity index is 691. The SMILES string of the molecule is CC(CNC(C)(C)C(C)N=O)NNC(C)(C)C(CCn1ccnc1[N+](=O)[O-])N=O. The summed E-state index contributed by atoms with van der Waals surface area (Å²) in [6.07, 6.45) is 3.16. The van der Waals surface area contributed by atoms with Crippen molar-refractivity contribution in [3.05, 3.63) is 32.3 Å². The van der Waals surface area contributed by atoms with Gasteiger partial charge >= 0.3 is 5.95 Å². The fourth-order valence-corrected chi connectivity index (χ4v) is 2.59. The van der Waals surface area contributed by atoms with Gasteiger partial charge in [-0.05, 0) is 46.5 Å². The first-order chi connectivity index (χ1) is 13.4. The molecular formula is C17H32N8O4. The van der Waals surface area contributed by atoms with Crippen molar-refractivity contribution in [1.82, 2.24) is 25.7 Å². The van der Waals surface area contributed by atoms with Crippen molar-refractivity contribution >= 4 is 5.95 Å². The van der Waals surface area contributed by atoms with E-state index < -0.39 is 22.0 Å². The largest absolute Gasteiger partial charge is 0.434 e. The minimum atomic E-state index is -0.696. The smallest absolute Gasteiger partial charge is 0.390 e. The number of aryl methyl sites for hydroxylation is 1. The number of nitroso groups, excluding NO2 is 2. The van der Waals surface area contributed by atoms with Gasteiger partial charge in [-0.25, -0.2) is 9.99 Å². The fraction of sp³-hybridized carbons (Fsp3) is 0.824. The molecule has 0 bridgehead atoms. The third-order valence-electron chi connectivity index (χ3n) is 5.17. The summed E-state index contributed by atoms with van der Waals surface area (Å²) in [5.41, 5.74) is 5.13. The lowest BCUT2D eigenvalue weighted by atomic mass is 9.93. The molecule has 0 aromatic carbocycles. The molecular weight excluding hydrogens is 380 g/mol. The van der Waals surface area contributed by atoms with Crippen molar-refractivity contribution in [1.29, 1.82) is 0 Å². The zero-order chi connectivity index (χ0) is 22.2. The Balaban J connectivity index is 2.57. The standard InChI is InChI=1S/C17H32N8O4/c1-12(11-19-16(3,4)13(2)21-26)20-23-17(5,6)14(22-27)7-9-24-10-8-18-15(24)25(28)29/h8,10,12-14,19-20,23H,7,9,11H2,1-6H3. The van der Waals surface area contributed by atoms with Crippen LogP contribution in [0.3, 0.4) is 0 Å². The van der Waals surface area contributed by atoms with E-state index in [1.165, 1.54) is 17.0 Å². The van der Waals surface area contributed by atoms with Crippen LogP contribution in [0.1, 0.15) is 48.0 Å². The summed E-state index contributed by atoms with van der Waals surface area (Å²) >= 11 is 0. The highest BCUT2D eigenvalue weighted by molar-refractivity contribution is 5.06. The average Bonchev–Trinajstić information content (AvgIpc) is 3.13. The van der Waals surface area contributed by atoms with E-state index in [1.54, 1.807) is 6.92 Å². The van der Waals surface area contributed by atoms with Gasteiger partial charge in [-0.15, -0.1) is 0 Å². The first-order valence-corrected chi connectivity index (χ1v) is 9.52. The summed E-state index contributed by atoms with van der Waals surface area (Å²) in [4.78, 5) is 36.3. The van der Waals surface area contributed by atoms with Gasteiger partial charge < -0.3 is 15.4 Å². The van der Waals surface area contributed by atoms with Gasteiger partial charge in [0.15, 0.2) is 0 Å². The number of aromatic nitrogens is 2. The molecule has 1 heterocycles. The molecule has 0 radical (unpaired) electrons. The van der Waals surface area contributed by atoms with Gasteiger partial charge in [0.05, 0.1) is 12.1 Å². The molecule has 12 nitrogen and oxygen atoms in total. The molecule has 0 saturated heterocycles. The van der Waals surface area contributed by atoms with E-state index in [1.807, 2.05) is 34.6 Å². The Morgan fingerprint density at radius 2 is 1.86 bits per heavy atom. The molecule has 0 aliphatic rings. The second-order valence-electron chi connectivity index (χ2n) is 8.36. The quantitative estimate of drug-likeness (QED) is 0.238. The predicted molar refractivity (Wildman–Crippen MR) is 110 cm³/mol. The van der Waals surface area contributed by atoms with E-state index in [-0.39, 0.29) is 24.6 Å². The number of hydrogen-bond donors (Lipinski definition) is 3. The van der Waals surface area contributed by atoms with Crippen LogP contribution in [0, 0.1) is 19.9 Å². The molecule has 12 heteroatoms. The van der Waals surface area contributed by atoms with Crippen LogP contribution in [0.5, 0.6) is 0 Å². The number of nitrogens with one attached hydrogen (secondary N) is 3. The van der Waals surface area contributed by atoms with Crippen molar-refractivity contribution in [2.24, 2.45) is 10.4 Å². The minimum absolute atomic E-state index is 0.0190. The highest BCUT2D eigenvalue weighted by atomic mass is 16.6. The van der Waals surface area contributed by atoms with Crippen LogP contribution in [-0.4, -0.2) is 50.2 Å². The molecule has 0 spiro atoms. The zero-order valence-electron chi connectivity index (χ0n) is 17.9. The highest BCUT2D eigenvalue weighted by Gasteiger charge is 2.32. The summed E-state index contributed by atoms with van der Waals surface area (Å²) in [5.74, 6) is -0.264. The second-order valence-corrected chi connectivity index (χ2v) is 8.36. The highest BCUT2D eigenvalue weighted by Crippen LogP contribution is 2.18. The molecule has 3 atom stereocenters. The third-order valence-corrected chi connectivity index (χ3v) is 5.17. The van der Waals surface area contributed by atoms with Crippen LogP contribution in [-0.2, 0) is 6.54 Å². The number of nitro groups is 1. The number of rotatable bonds is 14. The molecule has 0 saturated carbocycles. The van der Waals surface area contributed by atoms with Crippen LogP contribution >= 0.6 is 0 Å². The fourth-order valence-electron chi connectivity index (χ4n) is 2.59. The van der Waals surface area contributed by atoms with Gasteiger partial charge in [0.2, 0.25) is 0 Å². The second kappa shape index (κ2) is 10.5. The lowest BCUT2D eigenvalue weighted by Gasteiger charge is -2.34. The number of hydrogen-bond acceptors (Lipinski definition) is 10. The molecule has 0 aliphatic heterocycles. The Kier molecular flexibility index (Phi) is 8.92. The van der Waals surface area contributed by atoms with Gasteiger partial charge in [-0.2, -0.15) is 9.81 Å². The van der Waals surface area contributed by atoms with Gasteiger partial charge in [-0.1, -0.05) is 15.3 Å². The number of nitrogens with zero attached hydrogens (tertiary/aromatic N) is 5. The van der Waals surface area contributed by atoms with E-state index in [9.17, 15) is 19.9 Å². The molecule has 1 aromatic heterocycles. The molecule has 1 aromatic rings. The Labute approximate surface area is 170 Å². The van der Waals surface area contributed by atoms with E-state index >= 15 is 0 Å². The number of hydrazine groups is 1. The van der Waals surface area contributed by atoms with Gasteiger partial charge in [0.25, 0.3) is 0 Å². The molecule has 0 fully saturated rings. The monoisotopic (exact) mass is 412 g/mol. The summed E-state index contributed by atoms with van der Waals surface area (Å²) in [6, 6.07) is -1.03. The maximum atomic E-state index is 11.4. The average molecular weight is 412 g/mol. The molecule has 0 aliphatic carbocycles. The Morgan fingerprint density at radius 3 is 2.41 bits per heavy atom. The van der Waals surface area contributed by atoms with Gasteiger partial charge in [-0.3, -0.25) is 5.43 Å². The molecule has 3 N–H and O–H groups in total. The summed E-state index contributed by atoms with van der Waals surface area (Å²) in [7, 11) is 0.